The lowest BCUT2D eigenvalue weighted by Gasteiger charge is -2.45. The minimum atomic E-state index is 0.0274. The first kappa shape index (κ1) is 10.3. The summed E-state index contributed by atoms with van der Waals surface area (Å²) in [5, 5.41) is 0. The molecule has 1 fully saturated rings. The van der Waals surface area contributed by atoms with Gasteiger partial charge in [0, 0.05) is 13.1 Å². The molecule has 2 heteroatoms. The van der Waals surface area contributed by atoms with E-state index in [1.165, 1.54) is 16.7 Å². The number of ether oxygens (including phenoxy) is 1. The highest BCUT2D eigenvalue weighted by molar-refractivity contribution is 5.41. The number of likely N-dealkylation sites (tertiary alicyclic amines) is 1. The number of fused-ring (bicyclic) bond motifs is 2. The third-order valence-corrected chi connectivity index (χ3v) is 3.84. The molecule has 0 unspecified atom stereocenters. The predicted molar refractivity (Wildman–Crippen MR) is 64.5 cm³/mol. The van der Waals surface area contributed by atoms with Gasteiger partial charge in [-0.1, -0.05) is 32.0 Å². The predicted octanol–water partition coefficient (Wildman–Crippen LogP) is 2.48. The average Bonchev–Trinajstić information content (AvgIpc) is 2.57. The fourth-order valence-electron chi connectivity index (χ4n) is 2.92. The second-order valence-electron chi connectivity index (χ2n) is 5.53. The van der Waals surface area contributed by atoms with Crippen LogP contribution in [0.1, 0.15) is 36.5 Å². The van der Waals surface area contributed by atoms with Crippen molar-refractivity contribution in [3.8, 4) is 0 Å². The summed E-state index contributed by atoms with van der Waals surface area (Å²) in [5.74, 6) is 0.603. The summed E-state index contributed by atoms with van der Waals surface area (Å²) >= 11 is 0. The van der Waals surface area contributed by atoms with Crippen LogP contribution >= 0.6 is 0 Å². The zero-order valence-electron chi connectivity index (χ0n) is 10.3. The topological polar surface area (TPSA) is 12.5 Å². The van der Waals surface area contributed by atoms with Crippen LogP contribution < -0.4 is 0 Å². The van der Waals surface area contributed by atoms with E-state index in [1.807, 2.05) is 0 Å². The Kier molecular flexibility index (Phi) is 2.13. The molecular weight excluding hydrogens is 198 g/mol. The van der Waals surface area contributed by atoms with E-state index in [2.05, 4.69) is 44.0 Å². The monoisotopic (exact) mass is 217 g/mol. The van der Waals surface area contributed by atoms with Crippen LogP contribution in [0.5, 0.6) is 0 Å². The Morgan fingerprint density at radius 3 is 2.69 bits per heavy atom. The largest absolute Gasteiger partial charge is 0.363 e. The highest BCUT2D eigenvalue weighted by atomic mass is 16.5. The van der Waals surface area contributed by atoms with Gasteiger partial charge in [-0.2, -0.15) is 0 Å². The Hall–Kier alpha value is -0.860. The van der Waals surface area contributed by atoms with Crippen LogP contribution in [0.2, 0.25) is 0 Å². The summed E-state index contributed by atoms with van der Waals surface area (Å²) in [6, 6.07) is 6.87. The van der Waals surface area contributed by atoms with E-state index >= 15 is 0 Å². The van der Waals surface area contributed by atoms with E-state index in [1.54, 1.807) is 0 Å². The molecule has 1 saturated heterocycles. The van der Waals surface area contributed by atoms with Crippen LogP contribution in [0.15, 0.2) is 18.2 Å². The van der Waals surface area contributed by atoms with E-state index in [-0.39, 0.29) is 5.60 Å². The van der Waals surface area contributed by atoms with E-state index < -0.39 is 0 Å². The molecular formula is C14H19NO. The first-order valence-electron chi connectivity index (χ1n) is 6.06. The summed E-state index contributed by atoms with van der Waals surface area (Å²) in [7, 11) is 2.15. The molecule has 0 atom stereocenters. The van der Waals surface area contributed by atoms with Crippen molar-refractivity contribution >= 4 is 0 Å². The molecule has 1 spiro atoms. The second-order valence-corrected chi connectivity index (χ2v) is 5.53. The fourth-order valence-corrected chi connectivity index (χ4v) is 2.92. The second kappa shape index (κ2) is 3.31. The Morgan fingerprint density at radius 2 is 2.06 bits per heavy atom. The first-order chi connectivity index (χ1) is 7.61. The molecule has 0 bridgehead atoms. The van der Waals surface area contributed by atoms with Crippen LogP contribution in [-0.2, 0) is 16.9 Å². The summed E-state index contributed by atoms with van der Waals surface area (Å²) in [4.78, 5) is 2.31. The highest BCUT2D eigenvalue weighted by Gasteiger charge is 2.48. The summed E-state index contributed by atoms with van der Waals surface area (Å²) in [6.45, 7) is 7.36. The maximum absolute atomic E-state index is 6.01. The van der Waals surface area contributed by atoms with Crippen molar-refractivity contribution in [2.75, 3.05) is 20.1 Å². The van der Waals surface area contributed by atoms with Crippen LogP contribution in [0.25, 0.3) is 0 Å². The maximum Gasteiger partial charge on any atom is 0.119 e. The van der Waals surface area contributed by atoms with Crippen LogP contribution in [-0.4, -0.2) is 25.0 Å². The Balaban J connectivity index is 1.97. The van der Waals surface area contributed by atoms with Gasteiger partial charge in [0.25, 0.3) is 0 Å². The zero-order chi connectivity index (χ0) is 11.3. The number of likely N-dealkylation sites (N-methyl/N-ethyl adjacent to an activating group) is 1. The number of benzene rings is 1. The maximum atomic E-state index is 6.01. The Labute approximate surface area is 97.2 Å². The third kappa shape index (κ3) is 1.33. The van der Waals surface area contributed by atoms with Crippen LogP contribution in [0.3, 0.4) is 0 Å². The van der Waals surface area contributed by atoms with E-state index in [0.717, 1.165) is 19.7 Å². The first-order valence-corrected chi connectivity index (χ1v) is 6.06. The van der Waals surface area contributed by atoms with Gasteiger partial charge < -0.3 is 4.74 Å². The van der Waals surface area contributed by atoms with Gasteiger partial charge in [0.2, 0.25) is 0 Å². The van der Waals surface area contributed by atoms with Crippen molar-refractivity contribution in [1.82, 2.24) is 4.90 Å². The number of hydrogen-bond acceptors (Lipinski definition) is 2. The lowest BCUT2D eigenvalue weighted by Crippen LogP contribution is -2.57. The van der Waals surface area contributed by atoms with Crippen molar-refractivity contribution in [1.29, 1.82) is 0 Å². The molecule has 2 aliphatic rings. The molecule has 1 aromatic rings. The Morgan fingerprint density at radius 1 is 1.31 bits per heavy atom. The highest BCUT2D eigenvalue weighted by Crippen LogP contribution is 2.43. The van der Waals surface area contributed by atoms with Crippen molar-refractivity contribution < 1.29 is 4.74 Å². The minimum absolute atomic E-state index is 0.0274. The molecule has 16 heavy (non-hydrogen) atoms. The SMILES string of the molecule is CC(C)c1ccc2c(c1)COC21CN(C)C1. The quantitative estimate of drug-likeness (QED) is 0.716. The van der Waals surface area contributed by atoms with Gasteiger partial charge in [-0.25, -0.2) is 0 Å². The van der Waals surface area contributed by atoms with Crippen LogP contribution in [0, 0.1) is 0 Å². The summed E-state index contributed by atoms with van der Waals surface area (Å²) < 4.78 is 6.01. The van der Waals surface area contributed by atoms with Crippen molar-refractivity contribution in [2.45, 2.75) is 32.0 Å². The third-order valence-electron chi connectivity index (χ3n) is 3.84. The van der Waals surface area contributed by atoms with Gasteiger partial charge in [-0.15, -0.1) is 0 Å². The summed E-state index contributed by atoms with van der Waals surface area (Å²) in [5.41, 5.74) is 4.28. The minimum Gasteiger partial charge on any atom is -0.363 e. The van der Waals surface area contributed by atoms with Crippen molar-refractivity contribution in [2.24, 2.45) is 0 Å². The fraction of sp³-hybridized carbons (Fsp3) is 0.571. The summed E-state index contributed by atoms with van der Waals surface area (Å²) in [6.07, 6.45) is 0. The number of nitrogens with zero attached hydrogens (tertiary/aromatic N) is 1. The van der Waals surface area contributed by atoms with E-state index in [4.69, 9.17) is 4.74 Å². The van der Waals surface area contributed by atoms with Gasteiger partial charge >= 0.3 is 0 Å². The molecule has 2 aliphatic heterocycles. The van der Waals surface area contributed by atoms with Gasteiger partial charge in [-0.05, 0) is 29.7 Å². The molecule has 1 aromatic carbocycles. The number of hydrogen-bond donors (Lipinski definition) is 0. The molecule has 2 nitrogen and oxygen atoms in total. The van der Waals surface area contributed by atoms with Gasteiger partial charge in [0.1, 0.15) is 5.60 Å². The number of rotatable bonds is 1. The molecule has 3 rings (SSSR count). The smallest absolute Gasteiger partial charge is 0.119 e. The zero-order valence-corrected chi connectivity index (χ0v) is 10.3. The van der Waals surface area contributed by atoms with Gasteiger partial charge in [-0.3, -0.25) is 4.90 Å². The molecule has 0 saturated carbocycles. The van der Waals surface area contributed by atoms with E-state index in [0.29, 0.717) is 5.92 Å². The average molecular weight is 217 g/mol. The van der Waals surface area contributed by atoms with Gasteiger partial charge in [0.05, 0.1) is 6.61 Å². The van der Waals surface area contributed by atoms with Crippen LogP contribution in [0.4, 0.5) is 0 Å². The normalized spacial score (nSPS) is 22.5. The lowest BCUT2D eigenvalue weighted by molar-refractivity contribution is -0.132. The molecule has 0 amide bonds. The molecule has 86 valence electrons. The van der Waals surface area contributed by atoms with E-state index in [9.17, 15) is 0 Å². The lowest BCUT2D eigenvalue weighted by atomic mass is 9.84. The molecule has 0 radical (unpaired) electrons. The molecule has 0 aliphatic carbocycles. The Bertz CT molecular complexity index is 419. The van der Waals surface area contributed by atoms with Gasteiger partial charge in [0.15, 0.2) is 0 Å². The standard InChI is InChI=1S/C14H19NO/c1-10(2)11-4-5-13-12(6-11)7-16-14(13)8-15(3)9-14/h4-6,10H,7-9H2,1-3H3. The molecule has 0 aromatic heterocycles. The van der Waals surface area contributed by atoms with Crippen molar-refractivity contribution in [3.05, 3.63) is 34.9 Å². The van der Waals surface area contributed by atoms with Crippen molar-refractivity contribution in [3.63, 3.8) is 0 Å². The molecule has 0 N–H and O–H groups in total. The molecule has 2 heterocycles.